The van der Waals surface area contributed by atoms with Crippen molar-refractivity contribution in [3.05, 3.63) is 0 Å². The van der Waals surface area contributed by atoms with Crippen molar-refractivity contribution >= 4 is 8.32 Å². The van der Waals surface area contributed by atoms with Crippen molar-refractivity contribution in [2.75, 3.05) is 13.2 Å². The Morgan fingerprint density at radius 3 is 2.07 bits per heavy atom. The molecular weight excluding hydrogens is 568 g/mol. The summed E-state index contributed by atoms with van der Waals surface area (Å²) in [5.74, 6) is -0.684. The average molecular weight is 629 g/mol. The third-order valence-electron chi connectivity index (χ3n) is 11.5. The second kappa shape index (κ2) is 12.1. The summed E-state index contributed by atoms with van der Waals surface area (Å²) in [6, 6.07) is 0. The normalized spacial score (nSPS) is 45.3. The van der Waals surface area contributed by atoms with Gasteiger partial charge < -0.3 is 43.1 Å². The molecule has 5 saturated heterocycles. The molecule has 0 unspecified atom stereocenters. The van der Waals surface area contributed by atoms with Gasteiger partial charge in [0.1, 0.15) is 23.9 Å². The van der Waals surface area contributed by atoms with E-state index in [0.29, 0.717) is 48.9 Å². The summed E-state index contributed by atoms with van der Waals surface area (Å²) in [6.45, 7) is 24.5. The Hall–Kier alpha value is -0.143. The summed E-state index contributed by atoms with van der Waals surface area (Å²) in [4.78, 5) is 0. The van der Waals surface area contributed by atoms with E-state index in [9.17, 15) is 10.2 Å². The van der Waals surface area contributed by atoms with Crippen LogP contribution >= 0.6 is 0 Å². The Kier molecular flexibility index (Phi) is 9.66. The fraction of sp³-hybridized carbons (Fsp3) is 1.00. The number of rotatable bonds is 8. The number of hydrogen-bond donors (Lipinski definition) is 2. The Morgan fingerprint density at radius 2 is 1.47 bits per heavy atom. The van der Waals surface area contributed by atoms with Gasteiger partial charge >= 0.3 is 0 Å². The molecular formula is C33H60O9Si. The van der Waals surface area contributed by atoms with Gasteiger partial charge in [0.15, 0.2) is 5.79 Å². The van der Waals surface area contributed by atoms with Gasteiger partial charge in [0.05, 0.1) is 48.8 Å². The molecule has 250 valence electrons. The monoisotopic (exact) mass is 628 g/mol. The summed E-state index contributed by atoms with van der Waals surface area (Å²) in [7, 11) is -2.40. The standard InChI is InChI=1S/C33H60O9Si/c1-18(2)43(19(3)4,20(5)6)42-30-29-24(37-27-14-22(35)28(21(7)12-13-34)41-33(27,30)11)16-32(10)26(38-29)15-23-25(40-32)17-36-31(8,9)39-23/h18-30,34-35H,12-17H2,1-11H3/t21-,22+,23-,24+,25+,26+,27-,28-,29+,30-,32-,33-/m0/s1. The lowest BCUT2D eigenvalue weighted by Crippen LogP contribution is -2.77. The summed E-state index contributed by atoms with van der Waals surface area (Å²) in [5.41, 5.74) is -0.280. The third-order valence-corrected chi connectivity index (χ3v) is 17.6. The largest absolute Gasteiger partial charge is 0.407 e. The zero-order valence-corrected chi connectivity index (χ0v) is 29.5. The quantitative estimate of drug-likeness (QED) is 0.356. The highest BCUT2D eigenvalue weighted by Gasteiger charge is 2.66. The molecule has 0 aliphatic carbocycles. The van der Waals surface area contributed by atoms with Gasteiger partial charge in [-0.05, 0) is 56.7 Å². The van der Waals surface area contributed by atoms with E-state index < -0.39 is 37.5 Å². The summed E-state index contributed by atoms with van der Waals surface area (Å²) >= 11 is 0. The molecule has 0 saturated carbocycles. The maximum atomic E-state index is 11.3. The molecule has 0 spiro atoms. The van der Waals surface area contributed by atoms with Crippen LogP contribution < -0.4 is 0 Å². The number of fused-ring (bicyclic) bond motifs is 4. The Bertz CT molecular complexity index is 954. The molecule has 2 N–H and O–H groups in total. The van der Waals surface area contributed by atoms with Gasteiger partial charge in [-0.15, -0.1) is 0 Å². The molecule has 0 amide bonds. The lowest BCUT2D eigenvalue weighted by atomic mass is 9.72. The van der Waals surface area contributed by atoms with Crippen LogP contribution in [0.2, 0.25) is 16.6 Å². The van der Waals surface area contributed by atoms with E-state index in [1.807, 2.05) is 20.8 Å². The predicted molar refractivity (Wildman–Crippen MR) is 165 cm³/mol. The van der Waals surface area contributed by atoms with E-state index in [-0.39, 0.29) is 55.3 Å². The third kappa shape index (κ3) is 5.93. The first-order valence-corrected chi connectivity index (χ1v) is 19.1. The van der Waals surface area contributed by atoms with Gasteiger partial charge in [-0.2, -0.15) is 0 Å². The zero-order valence-electron chi connectivity index (χ0n) is 28.5. The summed E-state index contributed by atoms with van der Waals surface area (Å²) < 4.78 is 47.7. The van der Waals surface area contributed by atoms with Gasteiger partial charge in [-0.25, -0.2) is 0 Å². The second-order valence-corrected chi connectivity index (χ2v) is 21.4. The van der Waals surface area contributed by atoms with Crippen molar-refractivity contribution in [2.24, 2.45) is 5.92 Å². The van der Waals surface area contributed by atoms with Crippen LogP contribution in [0.5, 0.6) is 0 Å². The molecule has 0 aromatic heterocycles. The average Bonchev–Trinajstić information content (AvgIpc) is 2.89. The molecule has 5 rings (SSSR count). The zero-order chi connectivity index (χ0) is 31.7. The van der Waals surface area contributed by atoms with Crippen molar-refractivity contribution in [3.8, 4) is 0 Å². The molecule has 5 aliphatic heterocycles. The van der Waals surface area contributed by atoms with E-state index in [1.54, 1.807) is 0 Å². The molecule has 5 fully saturated rings. The van der Waals surface area contributed by atoms with Crippen molar-refractivity contribution in [1.82, 2.24) is 0 Å². The Balaban J connectivity index is 1.53. The van der Waals surface area contributed by atoms with E-state index in [4.69, 9.17) is 32.8 Å². The van der Waals surface area contributed by atoms with Crippen LogP contribution in [0.3, 0.4) is 0 Å². The maximum Gasteiger partial charge on any atom is 0.201 e. The van der Waals surface area contributed by atoms with Gasteiger partial charge in [0.2, 0.25) is 8.32 Å². The van der Waals surface area contributed by atoms with Crippen LogP contribution in [-0.4, -0.2) is 104 Å². The van der Waals surface area contributed by atoms with Crippen LogP contribution in [0.15, 0.2) is 0 Å². The van der Waals surface area contributed by atoms with Crippen molar-refractivity contribution < 1.29 is 43.1 Å². The molecule has 5 heterocycles. The van der Waals surface area contributed by atoms with Crippen molar-refractivity contribution in [1.29, 1.82) is 0 Å². The minimum atomic E-state index is -2.40. The highest BCUT2D eigenvalue weighted by molar-refractivity contribution is 6.77. The number of aliphatic hydroxyl groups excluding tert-OH is 2. The second-order valence-electron chi connectivity index (χ2n) is 15.9. The van der Waals surface area contributed by atoms with Gasteiger partial charge in [0.25, 0.3) is 0 Å². The molecule has 12 atom stereocenters. The number of hydrogen-bond acceptors (Lipinski definition) is 9. The van der Waals surface area contributed by atoms with E-state index in [0.717, 1.165) is 0 Å². The topological polar surface area (TPSA) is 105 Å². The molecule has 5 aliphatic rings. The van der Waals surface area contributed by atoms with Gasteiger partial charge in [-0.1, -0.05) is 48.5 Å². The van der Waals surface area contributed by atoms with E-state index in [1.165, 1.54) is 0 Å². The van der Waals surface area contributed by atoms with Gasteiger partial charge in [-0.3, -0.25) is 0 Å². The SMILES string of the molecule is CC(C)[Si](O[C@H]1[C@@H]2O[C@@H]3C[C@@H]4OC(C)(C)OC[C@H]4O[C@@]3(C)C[C@H]2O[C@H]2C[C@@H](O)[C@H]([C@@H](C)CCO)O[C@@]21C)(C(C)C)C(C)C. The molecule has 0 aromatic rings. The number of aliphatic hydroxyl groups is 2. The highest BCUT2D eigenvalue weighted by Crippen LogP contribution is 2.54. The fourth-order valence-corrected chi connectivity index (χ4v) is 14.9. The molecule has 10 heteroatoms. The number of ether oxygens (including phenoxy) is 6. The first-order chi connectivity index (χ1) is 20.0. The lowest BCUT2D eigenvalue weighted by Gasteiger charge is -2.64. The van der Waals surface area contributed by atoms with E-state index >= 15 is 0 Å². The lowest BCUT2D eigenvalue weighted by molar-refractivity contribution is -0.394. The first-order valence-electron chi connectivity index (χ1n) is 16.9. The van der Waals surface area contributed by atoms with E-state index in [2.05, 4.69) is 55.4 Å². The van der Waals surface area contributed by atoms with Crippen LogP contribution in [0, 0.1) is 5.92 Å². The fourth-order valence-electron chi connectivity index (χ4n) is 9.31. The smallest absolute Gasteiger partial charge is 0.201 e. The predicted octanol–water partition coefficient (Wildman–Crippen LogP) is 5.10. The minimum Gasteiger partial charge on any atom is -0.407 e. The Morgan fingerprint density at radius 1 is 0.814 bits per heavy atom. The summed E-state index contributed by atoms with van der Waals surface area (Å²) in [6.07, 6.45) is -0.639. The molecule has 0 bridgehead atoms. The van der Waals surface area contributed by atoms with Crippen LogP contribution in [0.25, 0.3) is 0 Å². The first kappa shape index (κ1) is 34.2. The molecule has 0 radical (unpaired) electrons. The van der Waals surface area contributed by atoms with Crippen molar-refractivity contribution in [2.45, 2.75) is 190 Å². The molecule has 0 aromatic carbocycles. The minimum absolute atomic E-state index is 0.0216. The van der Waals surface area contributed by atoms with Gasteiger partial charge in [0, 0.05) is 25.9 Å². The van der Waals surface area contributed by atoms with Crippen LogP contribution in [-0.2, 0) is 32.8 Å². The Labute approximate surface area is 260 Å². The van der Waals surface area contributed by atoms with Crippen LogP contribution in [0.1, 0.15) is 102 Å². The summed E-state index contributed by atoms with van der Waals surface area (Å²) in [5, 5.41) is 21.0. The molecule has 43 heavy (non-hydrogen) atoms. The molecule has 9 nitrogen and oxygen atoms in total. The maximum absolute atomic E-state index is 11.3. The highest BCUT2D eigenvalue weighted by atomic mass is 28.4. The van der Waals surface area contributed by atoms with Crippen LogP contribution in [0.4, 0.5) is 0 Å². The van der Waals surface area contributed by atoms with Crippen molar-refractivity contribution in [3.63, 3.8) is 0 Å².